The first kappa shape index (κ1) is 49.1. The zero-order valence-electron chi connectivity index (χ0n) is 37.1. The molecule has 4 aromatic carbocycles. The number of aromatic amines is 1. The second kappa shape index (κ2) is 22.4. The third-order valence-electron chi connectivity index (χ3n) is 8.50. The van der Waals surface area contributed by atoms with Gasteiger partial charge >= 0.3 is 70.9 Å². The summed E-state index contributed by atoms with van der Waals surface area (Å²) in [6.45, 7) is 13.8. The zero-order valence-corrected chi connectivity index (χ0v) is 40.7. The molecule has 59 heavy (non-hydrogen) atoms. The van der Waals surface area contributed by atoms with Crippen molar-refractivity contribution in [3.05, 3.63) is 108 Å². The topological polar surface area (TPSA) is 190 Å². The number of hydrogen-bond donors (Lipinski definition) is 4. The Morgan fingerprint density at radius 3 is 1.71 bits per heavy atom. The van der Waals surface area contributed by atoms with Gasteiger partial charge in [-0.2, -0.15) is 0 Å². The van der Waals surface area contributed by atoms with Crippen molar-refractivity contribution in [2.45, 2.75) is 65.4 Å². The minimum atomic E-state index is -0.510. The Morgan fingerprint density at radius 1 is 0.746 bits per heavy atom. The van der Waals surface area contributed by atoms with E-state index >= 15 is 0 Å². The van der Waals surface area contributed by atoms with E-state index in [-0.39, 0.29) is 92.2 Å². The number of amides is 1. The third-order valence-corrected chi connectivity index (χ3v) is 8.50. The number of carbonyl (C=O) groups is 1. The van der Waals surface area contributed by atoms with Crippen LogP contribution in [0.1, 0.15) is 57.4 Å². The number of hydrogen-bond acceptors (Lipinski definition) is 10. The summed E-state index contributed by atoms with van der Waals surface area (Å²) in [6.07, 6.45) is 2.65. The molecule has 0 radical (unpaired) electrons. The number of carbonyl (C=O) groups excluding carboxylic acids is 1. The molecule has 0 fully saturated rings. The molecular weight excluding hydrogens is 834 g/mol. The molecule has 302 valence electrons. The van der Waals surface area contributed by atoms with Gasteiger partial charge in [-0.1, -0.05) is 78.3 Å². The maximum Gasteiger partial charge on any atom is 1.00 e. The molecule has 0 saturated heterocycles. The summed E-state index contributed by atoms with van der Waals surface area (Å²) in [5, 5.41) is 3.59. The minimum Gasteiger partial charge on any atom is -1.00 e. The molecule has 7 N–H and O–H groups in total. The van der Waals surface area contributed by atoms with Gasteiger partial charge in [0.1, 0.15) is 22.7 Å². The Balaban J connectivity index is 0.000000531. The minimum absolute atomic E-state index is 0. The van der Waals surface area contributed by atoms with Gasteiger partial charge in [0, 0.05) is 74.4 Å². The molecule has 16 heteroatoms. The van der Waals surface area contributed by atoms with E-state index in [0.717, 1.165) is 21.5 Å². The van der Waals surface area contributed by atoms with Gasteiger partial charge in [-0.05, 0) is 58.9 Å². The molecule has 0 aliphatic heterocycles. The van der Waals surface area contributed by atoms with E-state index in [1.54, 1.807) is 42.0 Å². The number of aromatic nitrogens is 4. The molecule has 0 spiro atoms. The second-order valence-electron chi connectivity index (χ2n) is 13.7. The van der Waals surface area contributed by atoms with E-state index in [1.807, 2.05) is 88.4 Å². The zero-order chi connectivity index (χ0) is 41.4. The van der Waals surface area contributed by atoms with Crippen LogP contribution in [-0.4, -0.2) is 43.1 Å². The van der Waals surface area contributed by atoms with Crippen LogP contribution in [0.15, 0.2) is 102 Å². The number of H-pyrrole nitrogens is 1. The van der Waals surface area contributed by atoms with Gasteiger partial charge in [-0.15, -0.1) is 0 Å². The fourth-order valence-electron chi connectivity index (χ4n) is 6.13. The van der Waals surface area contributed by atoms with E-state index in [2.05, 4.69) is 44.7 Å². The van der Waals surface area contributed by atoms with Crippen LogP contribution in [0.5, 0.6) is 23.0 Å². The SMILES string of the molecule is CC(C)Br.CC(C)n1c(=O)[nH]c2nccc(Oc3ccc(N)c4ccccc34)c21.CCOC(=O)N(c1c(Oc2ccc(N)c3ccccc23)ccnc1N)C(C)C.[H-].[H-].[Na+].[Na+]. The number of pyridine rings is 2. The molecule has 7 rings (SSSR count). The molecule has 1 amide bonds. The van der Waals surface area contributed by atoms with E-state index in [1.165, 1.54) is 11.1 Å². The fraction of sp³-hybridized carbons (Fsp3) is 0.256. The van der Waals surface area contributed by atoms with E-state index in [0.29, 0.717) is 56.1 Å². The predicted octanol–water partition coefficient (Wildman–Crippen LogP) is 4.42. The van der Waals surface area contributed by atoms with E-state index < -0.39 is 6.09 Å². The van der Waals surface area contributed by atoms with Crippen LogP contribution >= 0.6 is 15.9 Å². The van der Waals surface area contributed by atoms with Gasteiger partial charge in [0.05, 0.1) is 6.61 Å². The van der Waals surface area contributed by atoms with Crippen LogP contribution in [-0.2, 0) is 4.74 Å². The maximum absolute atomic E-state index is 12.5. The molecule has 0 unspecified atom stereocenters. The van der Waals surface area contributed by atoms with Crippen LogP contribution < -0.4 is 96.4 Å². The Bertz CT molecular complexity index is 2570. The molecule has 0 atom stereocenters. The normalized spacial score (nSPS) is 10.6. The van der Waals surface area contributed by atoms with Gasteiger partial charge in [0.25, 0.3) is 0 Å². The van der Waals surface area contributed by atoms with Gasteiger partial charge in [0.2, 0.25) is 0 Å². The molecule has 0 bridgehead atoms. The number of nitrogens with two attached hydrogens (primary N) is 3. The molecule has 13 nitrogen and oxygen atoms in total. The number of ether oxygens (including phenoxy) is 3. The summed E-state index contributed by atoms with van der Waals surface area (Å²) in [6, 6.07) is 25.9. The van der Waals surface area contributed by atoms with Crippen LogP contribution in [0.3, 0.4) is 0 Å². The number of halogens is 1. The van der Waals surface area contributed by atoms with Crippen molar-refractivity contribution < 1.29 is 81.0 Å². The summed E-state index contributed by atoms with van der Waals surface area (Å²) in [4.78, 5) is 38.0. The molecule has 7 aromatic rings. The van der Waals surface area contributed by atoms with Crippen molar-refractivity contribution in [3.63, 3.8) is 0 Å². The van der Waals surface area contributed by atoms with E-state index in [4.69, 9.17) is 31.4 Å². The Hall–Kier alpha value is -4.28. The number of anilines is 4. The quantitative estimate of drug-likeness (QED) is 0.0967. The molecule has 0 saturated carbocycles. The van der Waals surface area contributed by atoms with Crippen LogP contribution in [0.4, 0.5) is 27.7 Å². The van der Waals surface area contributed by atoms with Crippen LogP contribution in [0.25, 0.3) is 32.7 Å². The first-order valence-corrected chi connectivity index (χ1v) is 19.5. The van der Waals surface area contributed by atoms with Crippen molar-refractivity contribution in [2.75, 3.05) is 28.7 Å². The summed E-state index contributed by atoms with van der Waals surface area (Å²) >= 11 is 3.27. The molecular formula is C43H51BrN8Na2O5. The van der Waals surface area contributed by atoms with Crippen molar-refractivity contribution in [3.8, 4) is 23.0 Å². The third kappa shape index (κ3) is 11.7. The number of alkyl halides is 1. The largest absolute Gasteiger partial charge is 1.00 e. The van der Waals surface area contributed by atoms with Crippen molar-refractivity contribution >= 4 is 77.6 Å². The number of rotatable bonds is 8. The summed E-state index contributed by atoms with van der Waals surface area (Å²) in [5.74, 6) is 2.45. The number of fused-ring (bicyclic) bond motifs is 3. The monoisotopic (exact) mass is 884 g/mol. The average Bonchev–Trinajstić information content (AvgIpc) is 3.52. The van der Waals surface area contributed by atoms with E-state index in [9.17, 15) is 9.59 Å². The number of nitrogens with zero attached hydrogens (tertiary/aromatic N) is 4. The first-order valence-electron chi connectivity index (χ1n) is 18.6. The van der Waals surface area contributed by atoms with Crippen molar-refractivity contribution in [1.29, 1.82) is 0 Å². The summed E-state index contributed by atoms with van der Waals surface area (Å²) in [7, 11) is 0. The van der Waals surface area contributed by atoms with Gasteiger partial charge in [-0.3, -0.25) is 14.5 Å². The van der Waals surface area contributed by atoms with Crippen LogP contribution in [0.2, 0.25) is 0 Å². The number of nitrogen functional groups attached to an aromatic ring is 3. The Labute approximate surface area is 399 Å². The standard InChI is InChI=1S/C21H24N4O3.C19H18N4O2.C3H7Br.2Na.2H/c1-4-27-21(26)25(13(2)3)19-18(11-12-24-20(19)23)28-17-10-9-16(22)14-7-5-6-8-15(14)17;1-11(2)23-17-16(9-10-21-18(17)22-19(23)24)25-15-8-7-14(20)12-5-3-4-6-13(12)15;1-3(2)4;;;;/h5-13H,4,22H2,1-3H3,(H2,23,24);3-11H,20H2,1-2H3,(H,21,22,24);3H,1-2H3;;;;/q;;;2*+1;2*-1. The smallest absolute Gasteiger partial charge is 1.00 e. The summed E-state index contributed by atoms with van der Waals surface area (Å²) in [5.41, 5.74) is 21.0. The number of nitrogens with one attached hydrogen (secondary N) is 1. The van der Waals surface area contributed by atoms with Gasteiger partial charge in [0.15, 0.2) is 23.0 Å². The molecule has 3 heterocycles. The number of benzene rings is 4. The second-order valence-corrected chi connectivity index (χ2v) is 15.6. The van der Waals surface area contributed by atoms with Gasteiger partial charge < -0.3 is 34.3 Å². The molecule has 0 aliphatic rings. The van der Waals surface area contributed by atoms with Crippen LogP contribution in [0, 0.1) is 0 Å². The maximum atomic E-state index is 12.5. The summed E-state index contributed by atoms with van der Waals surface area (Å²) < 4.78 is 19.2. The number of imidazole rings is 1. The van der Waals surface area contributed by atoms with Gasteiger partial charge in [-0.25, -0.2) is 19.6 Å². The Morgan fingerprint density at radius 2 is 1.22 bits per heavy atom. The molecule has 0 aliphatic carbocycles. The Kier molecular flexibility index (Phi) is 18.6. The first-order chi connectivity index (χ1) is 27.2. The molecule has 3 aromatic heterocycles. The average molecular weight is 886 g/mol. The predicted molar refractivity (Wildman–Crippen MR) is 237 cm³/mol. The van der Waals surface area contributed by atoms with Crippen molar-refractivity contribution in [1.82, 2.24) is 19.5 Å². The van der Waals surface area contributed by atoms with Crippen molar-refractivity contribution in [2.24, 2.45) is 0 Å². The fourth-order valence-corrected chi connectivity index (χ4v) is 6.13.